The molecule has 13 nitrogen and oxygen atoms in total. The number of ether oxygens (including phenoxy) is 5. The Morgan fingerprint density at radius 3 is 2.00 bits per heavy atom. The van der Waals surface area contributed by atoms with Crippen LogP contribution in [0.4, 0.5) is 18.9 Å². The van der Waals surface area contributed by atoms with Crippen LogP contribution in [0, 0.1) is 11.1 Å². The van der Waals surface area contributed by atoms with Crippen LogP contribution in [-0.4, -0.2) is 81.2 Å². The number of methoxy groups -OCH3 is 3. The maximum atomic E-state index is 13.7. The van der Waals surface area contributed by atoms with Crippen molar-refractivity contribution in [2.24, 2.45) is 5.92 Å². The smallest absolute Gasteiger partial charge is 0.490 e. The number of alkyl halides is 3. The van der Waals surface area contributed by atoms with Gasteiger partial charge < -0.3 is 39.3 Å². The molecule has 1 aromatic heterocycles. The number of piperidine rings is 3. The molecule has 58 heavy (non-hydrogen) atoms. The molecule has 4 heterocycles. The summed E-state index contributed by atoms with van der Waals surface area (Å²) in [5, 5.41) is 22.6. The van der Waals surface area contributed by atoms with Crippen LogP contribution in [0.3, 0.4) is 0 Å². The molecule has 18 heteroatoms. The highest BCUT2D eigenvalue weighted by atomic mass is 35.5. The van der Waals surface area contributed by atoms with E-state index in [0.29, 0.717) is 50.3 Å². The van der Waals surface area contributed by atoms with Crippen molar-refractivity contribution in [3.8, 4) is 17.2 Å². The third-order valence-corrected chi connectivity index (χ3v) is 10.4. The number of carbonyl (C=O) groups excluding carboxylic acids is 2. The highest BCUT2D eigenvalue weighted by molar-refractivity contribution is 6.35. The molecule has 2 unspecified atom stereocenters. The first kappa shape index (κ1) is 43.7. The first-order valence-electron chi connectivity index (χ1n) is 17.8. The second kappa shape index (κ2) is 19.3. The predicted molar refractivity (Wildman–Crippen MR) is 205 cm³/mol. The molecule has 2 bridgehead atoms. The average Bonchev–Trinajstić information content (AvgIpc) is 3.21. The maximum absolute atomic E-state index is 13.7. The Bertz CT molecular complexity index is 2040. The molecule has 7 rings (SSSR count). The van der Waals surface area contributed by atoms with Crippen molar-refractivity contribution in [3.63, 3.8) is 0 Å². The van der Waals surface area contributed by atoms with Gasteiger partial charge in [-0.25, -0.2) is 14.4 Å². The lowest BCUT2D eigenvalue weighted by Crippen LogP contribution is -2.52. The van der Waals surface area contributed by atoms with Gasteiger partial charge >= 0.3 is 24.1 Å². The van der Waals surface area contributed by atoms with E-state index < -0.39 is 30.3 Å². The van der Waals surface area contributed by atoms with E-state index in [2.05, 4.69) is 10.2 Å². The fourth-order valence-corrected chi connectivity index (χ4v) is 7.19. The SMILES string of the molecule is COc1ccc(C(Nc2ccc(C(=O)OC(Cc3c(Cl)c[n+]([O-])cc3Cl)c3ccc(OC)c(OC)c3)cc2)C(=O)O[C@H]2CN3CCC2CC3)cc1.O=C(O)C(F)(F)F. The number of esters is 2. The van der Waals surface area contributed by atoms with Gasteiger partial charge in [-0.3, -0.25) is 4.90 Å². The normalized spacial score (nSPS) is 18.1. The Labute approximate surface area is 341 Å². The van der Waals surface area contributed by atoms with E-state index in [9.17, 15) is 28.0 Å². The van der Waals surface area contributed by atoms with E-state index in [1.807, 2.05) is 12.1 Å². The minimum Gasteiger partial charge on any atom is -0.619 e. The van der Waals surface area contributed by atoms with Crippen molar-refractivity contribution in [2.75, 3.05) is 46.3 Å². The van der Waals surface area contributed by atoms with Crippen LogP contribution >= 0.6 is 23.2 Å². The lowest BCUT2D eigenvalue weighted by molar-refractivity contribution is -0.605. The molecule has 3 aliphatic rings. The van der Waals surface area contributed by atoms with Gasteiger partial charge in [0, 0.05) is 24.2 Å². The lowest BCUT2D eigenvalue weighted by Gasteiger charge is -2.44. The number of carboxylic acids is 1. The van der Waals surface area contributed by atoms with Crippen LogP contribution in [0.5, 0.6) is 17.2 Å². The molecule has 310 valence electrons. The quantitative estimate of drug-likeness (QED) is 0.0792. The molecule has 0 radical (unpaired) electrons. The third kappa shape index (κ3) is 11.1. The van der Waals surface area contributed by atoms with Crippen molar-refractivity contribution in [3.05, 3.63) is 117 Å². The summed E-state index contributed by atoms with van der Waals surface area (Å²) in [5.74, 6) is -1.78. The molecule has 0 aliphatic carbocycles. The van der Waals surface area contributed by atoms with Gasteiger partial charge in [0.05, 0.1) is 26.9 Å². The topological polar surface area (TPSA) is 160 Å². The largest absolute Gasteiger partial charge is 0.619 e. The van der Waals surface area contributed by atoms with E-state index in [-0.39, 0.29) is 34.1 Å². The summed E-state index contributed by atoms with van der Waals surface area (Å²) < 4.78 is 60.6. The molecule has 3 atom stereocenters. The van der Waals surface area contributed by atoms with Crippen molar-refractivity contribution in [1.82, 2.24) is 4.90 Å². The van der Waals surface area contributed by atoms with Crippen LogP contribution in [0.1, 0.15) is 52.0 Å². The summed E-state index contributed by atoms with van der Waals surface area (Å²) in [7, 11) is 4.62. The molecule has 3 saturated heterocycles. The molecular formula is C40H40Cl2F3N3O10. The third-order valence-electron chi connectivity index (χ3n) is 9.70. The van der Waals surface area contributed by atoms with Crippen LogP contribution in [-0.2, 0) is 25.5 Å². The summed E-state index contributed by atoms with van der Waals surface area (Å²) in [6, 6.07) is 18.3. The number of fused-ring (bicyclic) bond motifs is 3. The first-order chi connectivity index (χ1) is 27.6. The number of nitrogens with one attached hydrogen (secondary N) is 1. The molecule has 3 aliphatic heterocycles. The van der Waals surface area contributed by atoms with Gasteiger partial charge in [0.15, 0.2) is 29.9 Å². The minimum absolute atomic E-state index is 0.0740. The van der Waals surface area contributed by atoms with E-state index in [1.165, 1.54) is 26.6 Å². The zero-order chi connectivity index (χ0) is 42.1. The standard InChI is InChI=1S/C38H39Cl2N3O8.C2HF3O2/c1-47-28-11-6-24(7-12-28)36(38(45)51-35-22-42-16-14-23(35)15-17-42)41-27-9-4-25(5-10-27)37(44)50-33(19-29-30(39)20-43(46)21-31(29)40)26-8-13-32(48-2)34(18-26)49-3;3-2(4,5)1(6)7/h4-13,18,20-21,23,33,35-36,41H,14-17,19,22H2,1-3H3;(H,6,7)/t33?,35-,36?;/m0./s1. The van der Waals surface area contributed by atoms with Crippen LogP contribution in [0.2, 0.25) is 10.0 Å². The summed E-state index contributed by atoms with van der Waals surface area (Å²) in [6.45, 7) is 2.82. The first-order valence-corrected chi connectivity index (χ1v) is 18.6. The summed E-state index contributed by atoms with van der Waals surface area (Å²) in [4.78, 5) is 38.6. The van der Waals surface area contributed by atoms with Crippen molar-refractivity contribution >= 4 is 46.8 Å². The minimum atomic E-state index is -5.08. The highest BCUT2D eigenvalue weighted by Gasteiger charge is 2.39. The Morgan fingerprint density at radius 1 is 0.897 bits per heavy atom. The summed E-state index contributed by atoms with van der Waals surface area (Å²) in [5.41, 5.74) is 2.61. The zero-order valence-electron chi connectivity index (χ0n) is 31.5. The number of carboxylic acid groups (broad SMARTS) is 1. The number of carbonyl (C=O) groups is 3. The van der Waals surface area contributed by atoms with Gasteiger partial charge in [-0.05, 0) is 91.5 Å². The molecule has 0 saturated carbocycles. The predicted octanol–water partition coefficient (Wildman–Crippen LogP) is 7.22. The average molecular weight is 851 g/mol. The van der Waals surface area contributed by atoms with Gasteiger partial charge in [0.1, 0.15) is 28.0 Å². The van der Waals surface area contributed by atoms with E-state index in [0.717, 1.165) is 32.5 Å². The van der Waals surface area contributed by atoms with Gasteiger partial charge in [-0.15, -0.1) is 0 Å². The van der Waals surface area contributed by atoms with Gasteiger partial charge in [0.25, 0.3) is 0 Å². The number of rotatable bonds is 13. The highest BCUT2D eigenvalue weighted by Crippen LogP contribution is 2.36. The van der Waals surface area contributed by atoms with E-state index in [1.54, 1.807) is 61.7 Å². The number of aliphatic carboxylic acids is 1. The number of anilines is 1. The number of aromatic nitrogens is 1. The Hall–Kier alpha value is -5.45. The maximum Gasteiger partial charge on any atom is 0.490 e. The Morgan fingerprint density at radius 2 is 1.48 bits per heavy atom. The zero-order valence-corrected chi connectivity index (χ0v) is 33.0. The number of benzene rings is 3. The van der Waals surface area contributed by atoms with E-state index in [4.69, 9.17) is 56.8 Å². The molecule has 3 fully saturated rings. The molecule has 3 aromatic carbocycles. The van der Waals surface area contributed by atoms with Crippen molar-refractivity contribution < 1.29 is 61.1 Å². The van der Waals surface area contributed by atoms with Crippen LogP contribution in [0.25, 0.3) is 0 Å². The lowest BCUT2D eigenvalue weighted by atomic mass is 9.86. The fourth-order valence-electron chi connectivity index (χ4n) is 6.59. The second-order valence-electron chi connectivity index (χ2n) is 13.3. The van der Waals surface area contributed by atoms with Gasteiger partial charge in [-0.1, -0.05) is 41.4 Å². The van der Waals surface area contributed by atoms with Crippen molar-refractivity contribution in [1.29, 1.82) is 0 Å². The van der Waals surface area contributed by atoms with Crippen LogP contribution in [0.15, 0.2) is 79.1 Å². The Kier molecular flexibility index (Phi) is 14.6. The number of hydrogen-bond donors (Lipinski definition) is 2. The molecule has 4 aromatic rings. The van der Waals surface area contributed by atoms with E-state index >= 15 is 0 Å². The fraction of sp³-hybridized carbons (Fsp3) is 0.350. The number of halogens is 5. The summed E-state index contributed by atoms with van der Waals surface area (Å²) in [6.07, 6.45) is -1.61. The van der Waals surface area contributed by atoms with Crippen molar-refractivity contribution in [2.45, 2.75) is 43.7 Å². The van der Waals surface area contributed by atoms with Crippen LogP contribution < -0.4 is 24.3 Å². The molecule has 0 spiro atoms. The summed E-state index contributed by atoms with van der Waals surface area (Å²) >= 11 is 12.8. The number of nitrogens with zero attached hydrogens (tertiary/aromatic N) is 2. The van der Waals surface area contributed by atoms with Gasteiger partial charge in [-0.2, -0.15) is 17.9 Å². The number of hydrogen-bond acceptors (Lipinski definition) is 11. The molecular weight excluding hydrogens is 810 g/mol. The Balaban J connectivity index is 0.000000839. The second-order valence-corrected chi connectivity index (χ2v) is 14.2. The molecule has 0 amide bonds. The number of pyridine rings is 1. The molecule has 2 N–H and O–H groups in total. The van der Waals surface area contributed by atoms with Gasteiger partial charge in [0.2, 0.25) is 0 Å². The monoisotopic (exact) mass is 849 g/mol.